The molecule has 0 bridgehead atoms. The minimum Gasteiger partial charge on any atom is -0.320 e. The predicted molar refractivity (Wildman–Crippen MR) is 65.1 cm³/mol. The van der Waals surface area contributed by atoms with Gasteiger partial charge in [-0.1, -0.05) is 6.07 Å². The Balaban J connectivity index is 2.43. The number of nitrogens with two attached hydrogens (primary N) is 1. The molecule has 1 atom stereocenters. The van der Waals surface area contributed by atoms with Crippen LogP contribution in [0.5, 0.6) is 0 Å². The highest BCUT2D eigenvalue weighted by Gasteiger charge is 2.16. The van der Waals surface area contributed by atoms with Gasteiger partial charge in [0.05, 0.1) is 12.2 Å². The lowest BCUT2D eigenvalue weighted by molar-refractivity contribution is 0.624. The van der Waals surface area contributed by atoms with E-state index >= 15 is 0 Å². The van der Waals surface area contributed by atoms with Crippen LogP contribution < -0.4 is 5.73 Å². The molecule has 0 saturated heterocycles. The first-order valence-corrected chi connectivity index (χ1v) is 5.51. The molecule has 1 aromatic carbocycles. The van der Waals surface area contributed by atoms with Gasteiger partial charge in [-0.05, 0) is 37.1 Å². The Hall–Kier alpha value is -1.68. The van der Waals surface area contributed by atoms with Crippen LogP contribution in [-0.2, 0) is 7.05 Å². The molecular weight excluding hydrogens is 217 g/mol. The molecule has 1 heterocycles. The van der Waals surface area contributed by atoms with Crippen molar-refractivity contribution >= 4 is 0 Å². The minimum atomic E-state index is -0.260. The molecule has 2 rings (SSSR count). The molecule has 0 aliphatic heterocycles. The second kappa shape index (κ2) is 4.30. The fourth-order valence-electron chi connectivity index (χ4n) is 1.98. The van der Waals surface area contributed by atoms with Gasteiger partial charge in [-0.3, -0.25) is 4.68 Å². The molecule has 0 radical (unpaired) electrons. The van der Waals surface area contributed by atoms with E-state index in [1.165, 1.54) is 12.1 Å². The van der Waals surface area contributed by atoms with Gasteiger partial charge in [0.2, 0.25) is 0 Å². The molecule has 0 saturated carbocycles. The van der Waals surface area contributed by atoms with Crippen LogP contribution in [0, 0.1) is 19.7 Å². The summed E-state index contributed by atoms with van der Waals surface area (Å²) in [5.74, 6) is -0.235. The Morgan fingerprint density at radius 1 is 1.29 bits per heavy atom. The van der Waals surface area contributed by atoms with Gasteiger partial charge in [-0.25, -0.2) is 4.39 Å². The first-order chi connectivity index (χ1) is 8.00. The van der Waals surface area contributed by atoms with Gasteiger partial charge < -0.3 is 5.73 Å². The highest BCUT2D eigenvalue weighted by Crippen LogP contribution is 2.25. The Kier molecular flexibility index (Phi) is 2.98. The standard InChI is InChI=1S/C13H16FN3/c1-8-6-10(14)4-5-11(8)13(15)12-7-16-17(3)9(12)2/h4-7,13H,15H2,1-3H3. The lowest BCUT2D eigenvalue weighted by Crippen LogP contribution is -2.14. The van der Waals surface area contributed by atoms with E-state index in [0.717, 1.165) is 22.4 Å². The first-order valence-electron chi connectivity index (χ1n) is 5.51. The van der Waals surface area contributed by atoms with Crippen molar-refractivity contribution in [3.8, 4) is 0 Å². The Morgan fingerprint density at radius 2 is 2.00 bits per heavy atom. The SMILES string of the molecule is Cc1cc(F)ccc1C(N)c1cnn(C)c1C. The van der Waals surface area contributed by atoms with Crippen molar-refractivity contribution in [1.82, 2.24) is 9.78 Å². The number of aryl methyl sites for hydroxylation is 2. The third-order valence-corrected chi connectivity index (χ3v) is 3.18. The fourth-order valence-corrected chi connectivity index (χ4v) is 1.98. The highest BCUT2D eigenvalue weighted by molar-refractivity contribution is 5.37. The number of hydrogen-bond donors (Lipinski definition) is 1. The quantitative estimate of drug-likeness (QED) is 0.864. The minimum absolute atomic E-state index is 0.235. The highest BCUT2D eigenvalue weighted by atomic mass is 19.1. The number of benzene rings is 1. The molecule has 17 heavy (non-hydrogen) atoms. The molecule has 0 amide bonds. The third kappa shape index (κ3) is 2.08. The number of nitrogens with zero attached hydrogens (tertiary/aromatic N) is 2. The van der Waals surface area contributed by atoms with Gasteiger partial charge in [0, 0.05) is 18.3 Å². The molecule has 0 spiro atoms. The van der Waals surface area contributed by atoms with Crippen LogP contribution in [0.25, 0.3) is 0 Å². The maximum atomic E-state index is 13.0. The second-order valence-corrected chi connectivity index (χ2v) is 4.29. The average molecular weight is 233 g/mol. The largest absolute Gasteiger partial charge is 0.320 e. The Labute approximate surface area is 100 Å². The predicted octanol–water partition coefficient (Wildman–Crippen LogP) is 2.22. The number of rotatable bonds is 2. The van der Waals surface area contributed by atoms with E-state index in [-0.39, 0.29) is 11.9 Å². The molecule has 4 heteroatoms. The topological polar surface area (TPSA) is 43.8 Å². The van der Waals surface area contributed by atoms with Gasteiger partial charge in [-0.15, -0.1) is 0 Å². The van der Waals surface area contributed by atoms with Crippen LogP contribution >= 0.6 is 0 Å². The fraction of sp³-hybridized carbons (Fsp3) is 0.308. The lowest BCUT2D eigenvalue weighted by Gasteiger charge is -2.14. The summed E-state index contributed by atoms with van der Waals surface area (Å²) < 4.78 is 14.8. The average Bonchev–Trinajstić information content (AvgIpc) is 2.59. The van der Waals surface area contributed by atoms with Gasteiger partial charge >= 0.3 is 0 Å². The number of hydrogen-bond acceptors (Lipinski definition) is 2. The summed E-state index contributed by atoms with van der Waals surface area (Å²) in [5.41, 5.74) is 10.0. The zero-order chi connectivity index (χ0) is 12.6. The van der Waals surface area contributed by atoms with Crippen molar-refractivity contribution in [2.75, 3.05) is 0 Å². The van der Waals surface area contributed by atoms with Crippen LogP contribution in [0.2, 0.25) is 0 Å². The Bertz CT molecular complexity index is 546. The lowest BCUT2D eigenvalue weighted by atomic mass is 9.96. The molecule has 0 aliphatic rings. The van der Waals surface area contributed by atoms with E-state index < -0.39 is 0 Å². The summed E-state index contributed by atoms with van der Waals surface area (Å²) in [6.07, 6.45) is 1.77. The van der Waals surface area contributed by atoms with Crippen molar-refractivity contribution in [1.29, 1.82) is 0 Å². The molecule has 2 aromatic rings. The molecule has 2 N–H and O–H groups in total. The van der Waals surface area contributed by atoms with Crippen molar-refractivity contribution < 1.29 is 4.39 Å². The van der Waals surface area contributed by atoms with Crippen molar-refractivity contribution in [3.63, 3.8) is 0 Å². The van der Waals surface area contributed by atoms with E-state index in [1.54, 1.807) is 16.9 Å². The monoisotopic (exact) mass is 233 g/mol. The first kappa shape index (κ1) is 11.8. The van der Waals surface area contributed by atoms with E-state index in [1.807, 2.05) is 20.9 Å². The summed E-state index contributed by atoms with van der Waals surface area (Å²) in [5, 5.41) is 4.17. The molecule has 1 unspecified atom stereocenters. The summed E-state index contributed by atoms with van der Waals surface area (Å²) in [4.78, 5) is 0. The maximum Gasteiger partial charge on any atom is 0.123 e. The van der Waals surface area contributed by atoms with Crippen LogP contribution in [0.15, 0.2) is 24.4 Å². The molecule has 0 aliphatic carbocycles. The van der Waals surface area contributed by atoms with Gasteiger partial charge in [0.15, 0.2) is 0 Å². The molecule has 0 fully saturated rings. The summed E-state index contributed by atoms with van der Waals surface area (Å²) in [6.45, 7) is 3.84. The zero-order valence-electron chi connectivity index (χ0n) is 10.2. The third-order valence-electron chi connectivity index (χ3n) is 3.18. The van der Waals surface area contributed by atoms with E-state index in [0.29, 0.717) is 0 Å². The van der Waals surface area contributed by atoms with Gasteiger partial charge in [0.1, 0.15) is 5.82 Å². The van der Waals surface area contributed by atoms with E-state index in [9.17, 15) is 4.39 Å². The molecule has 3 nitrogen and oxygen atoms in total. The number of aromatic nitrogens is 2. The zero-order valence-corrected chi connectivity index (χ0v) is 10.2. The van der Waals surface area contributed by atoms with Crippen molar-refractivity contribution in [3.05, 3.63) is 52.6 Å². The molecule has 1 aromatic heterocycles. The van der Waals surface area contributed by atoms with Gasteiger partial charge in [-0.2, -0.15) is 5.10 Å². The van der Waals surface area contributed by atoms with Gasteiger partial charge in [0.25, 0.3) is 0 Å². The van der Waals surface area contributed by atoms with Crippen molar-refractivity contribution in [2.24, 2.45) is 12.8 Å². The summed E-state index contributed by atoms with van der Waals surface area (Å²) >= 11 is 0. The molecular formula is C13H16FN3. The van der Waals surface area contributed by atoms with Crippen LogP contribution in [0.4, 0.5) is 4.39 Å². The maximum absolute atomic E-state index is 13.0. The normalized spacial score (nSPS) is 12.8. The smallest absolute Gasteiger partial charge is 0.123 e. The van der Waals surface area contributed by atoms with Crippen molar-refractivity contribution in [2.45, 2.75) is 19.9 Å². The summed E-state index contributed by atoms with van der Waals surface area (Å²) in [6, 6.07) is 4.42. The summed E-state index contributed by atoms with van der Waals surface area (Å²) in [7, 11) is 1.88. The van der Waals surface area contributed by atoms with Crippen LogP contribution in [0.1, 0.15) is 28.4 Å². The Morgan fingerprint density at radius 3 is 2.53 bits per heavy atom. The number of halogens is 1. The van der Waals surface area contributed by atoms with E-state index in [2.05, 4.69) is 5.10 Å². The van der Waals surface area contributed by atoms with Crippen LogP contribution in [-0.4, -0.2) is 9.78 Å². The van der Waals surface area contributed by atoms with E-state index in [4.69, 9.17) is 5.73 Å². The molecule has 90 valence electrons. The van der Waals surface area contributed by atoms with Crippen LogP contribution in [0.3, 0.4) is 0 Å². The second-order valence-electron chi connectivity index (χ2n) is 4.29.